The van der Waals surface area contributed by atoms with Gasteiger partial charge in [-0.2, -0.15) is 0 Å². The number of ether oxygens (including phenoxy) is 1. The molecular formula is C42H78N4O2. The molecule has 0 bridgehead atoms. The Hall–Kier alpha value is -0.950. The predicted octanol–water partition coefficient (Wildman–Crippen LogP) is 8.33. The van der Waals surface area contributed by atoms with Gasteiger partial charge in [-0.05, 0) is 169 Å². The van der Waals surface area contributed by atoms with Crippen LogP contribution in [0.2, 0.25) is 0 Å². The number of nitrogens with two attached hydrogens (primary N) is 2. The largest absolute Gasteiger partial charge is 0.461 e. The van der Waals surface area contributed by atoms with Gasteiger partial charge in [0.25, 0.3) is 0 Å². The maximum absolute atomic E-state index is 13.5. The van der Waals surface area contributed by atoms with Crippen LogP contribution in [0, 0.1) is 52.3 Å². The third-order valence-electron chi connectivity index (χ3n) is 14.7. The van der Waals surface area contributed by atoms with E-state index in [4.69, 9.17) is 16.2 Å². The fourth-order valence-corrected chi connectivity index (χ4v) is 11.5. The van der Waals surface area contributed by atoms with Crippen LogP contribution in [0.3, 0.4) is 0 Å². The molecule has 48 heavy (non-hydrogen) atoms. The number of allylic oxidation sites excluding steroid dienone is 1. The van der Waals surface area contributed by atoms with E-state index in [-0.39, 0.29) is 23.5 Å². The molecule has 10 atom stereocenters. The number of carbonyl (C=O) groups excluding carboxylic acids is 1. The zero-order chi connectivity index (χ0) is 34.9. The second kappa shape index (κ2) is 18.5. The molecule has 4 aliphatic rings. The summed E-state index contributed by atoms with van der Waals surface area (Å²) in [6.07, 6.45) is 20.9. The van der Waals surface area contributed by atoms with E-state index in [1.807, 2.05) is 6.92 Å². The van der Waals surface area contributed by atoms with E-state index in [1.165, 1.54) is 51.4 Å². The predicted molar refractivity (Wildman–Crippen MR) is 203 cm³/mol. The van der Waals surface area contributed by atoms with Gasteiger partial charge in [0.1, 0.15) is 12.1 Å². The normalized spacial score (nSPS) is 33.5. The molecular weight excluding hydrogens is 592 g/mol. The molecule has 5 N–H and O–H groups in total. The molecule has 3 fully saturated rings. The van der Waals surface area contributed by atoms with E-state index >= 15 is 0 Å². The molecule has 6 heteroatoms. The van der Waals surface area contributed by atoms with Gasteiger partial charge in [0, 0.05) is 13.0 Å². The summed E-state index contributed by atoms with van der Waals surface area (Å²) in [6.45, 7) is 22.3. The van der Waals surface area contributed by atoms with Crippen LogP contribution in [0.1, 0.15) is 145 Å². The lowest BCUT2D eigenvalue weighted by atomic mass is 9.47. The standard InChI is InChI=1S/C42H78N4O2/c1-8-33(30(2)3)14-13-31(4)37-17-18-38-36-16-15-34-29-35(19-21-41(34,6)39(36)20-22-42(37,38)7)48-40(47)32(5)46(28-12-24-44)27-10-9-25-45-26-11-23-43/h15,30-33,35-39,45H,8-14,16-29,43-44H2,1-7H3/t31-,32?,33-,35+,36+,37-,38+,39+,41+,42-/m1/s1. The number of carbonyl (C=O) groups is 1. The Morgan fingerprint density at radius 2 is 1.67 bits per heavy atom. The second-order valence-electron chi connectivity index (χ2n) is 17.7. The van der Waals surface area contributed by atoms with Crippen LogP contribution in [-0.4, -0.2) is 62.3 Å². The summed E-state index contributed by atoms with van der Waals surface area (Å²) >= 11 is 0. The minimum Gasteiger partial charge on any atom is -0.461 e. The minimum atomic E-state index is -0.230. The maximum atomic E-state index is 13.5. The van der Waals surface area contributed by atoms with Crippen LogP contribution in [-0.2, 0) is 9.53 Å². The Kier molecular flexibility index (Phi) is 15.4. The first-order valence-electron chi connectivity index (χ1n) is 20.7. The Balaban J connectivity index is 1.32. The Morgan fingerprint density at radius 3 is 2.38 bits per heavy atom. The number of nitrogens with one attached hydrogen (secondary N) is 1. The number of hydrogen-bond donors (Lipinski definition) is 3. The Bertz CT molecular complexity index is 1020. The van der Waals surface area contributed by atoms with Gasteiger partial charge in [-0.25, -0.2) is 0 Å². The van der Waals surface area contributed by atoms with Gasteiger partial charge in [0.05, 0.1) is 0 Å². The van der Waals surface area contributed by atoms with Crippen molar-refractivity contribution >= 4 is 5.97 Å². The second-order valence-corrected chi connectivity index (χ2v) is 17.7. The molecule has 0 aromatic heterocycles. The van der Waals surface area contributed by atoms with E-state index < -0.39 is 0 Å². The first-order valence-corrected chi connectivity index (χ1v) is 20.7. The van der Waals surface area contributed by atoms with Crippen molar-refractivity contribution in [3.8, 4) is 0 Å². The highest BCUT2D eigenvalue weighted by atomic mass is 16.5. The molecule has 3 saturated carbocycles. The molecule has 6 nitrogen and oxygen atoms in total. The van der Waals surface area contributed by atoms with E-state index in [0.29, 0.717) is 12.0 Å². The molecule has 0 aromatic rings. The molecule has 278 valence electrons. The van der Waals surface area contributed by atoms with E-state index in [2.05, 4.69) is 57.8 Å². The van der Waals surface area contributed by atoms with Crippen LogP contribution in [0.25, 0.3) is 0 Å². The molecule has 0 amide bonds. The van der Waals surface area contributed by atoms with Crippen molar-refractivity contribution in [1.29, 1.82) is 0 Å². The number of fused-ring (bicyclic) bond motifs is 5. The molecule has 0 aromatic carbocycles. The third kappa shape index (κ3) is 9.28. The smallest absolute Gasteiger partial charge is 0.323 e. The van der Waals surface area contributed by atoms with Gasteiger partial charge in [0.15, 0.2) is 0 Å². The van der Waals surface area contributed by atoms with Gasteiger partial charge < -0.3 is 21.5 Å². The third-order valence-corrected chi connectivity index (χ3v) is 14.7. The lowest BCUT2D eigenvalue weighted by Crippen LogP contribution is -2.51. The number of nitrogens with zero attached hydrogens (tertiary/aromatic N) is 1. The Labute approximate surface area is 296 Å². The van der Waals surface area contributed by atoms with Gasteiger partial charge >= 0.3 is 5.97 Å². The summed E-state index contributed by atoms with van der Waals surface area (Å²) in [5, 5.41) is 3.47. The van der Waals surface area contributed by atoms with Crippen molar-refractivity contribution < 1.29 is 9.53 Å². The number of esters is 1. The van der Waals surface area contributed by atoms with Gasteiger partial charge in [-0.1, -0.05) is 66.0 Å². The highest BCUT2D eigenvalue weighted by Crippen LogP contribution is 2.67. The van der Waals surface area contributed by atoms with Crippen molar-refractivity contribution in [2.24, 2.45) is 63.7 Å². The highest BCUT2D eigenvalue weighted by Gasteiger charge is 2.59. The quantitative estimate of drug-likeness (QED) is 0.0685. The molecule has 1 unspecified atom stereocenters. The van der Waals surface area contributed by atoms with Crippen LogP contribution in [0.4, 0.5) is 0 Å². The summed E-state index contributed by atoms with van der Waals surface area (Å²) in [6, 6.07) is -0.230. The van der Waals surface area contributed by atoms with Crippen molar-refractivity contribution in [3.05, 3.63) is 11.6 Å². The summed E-state index contributed by atoms with van der Waals surface area (Å²) < 4.78 is 6.33. The van der Waals surface area contributed by atoms with Crippen LogP contribution >= 0.6 is 0 Å². The zero-order valence-corrected chi connectivity index (χ0v) is 32.5. The minimum absolute atomic E-state index is 0.0160. The van der Waals surface area contributed by atoms with Gasteiger partial charge in [-0.15, -0.1) is 0 Å². The van der Waals surface area contributed by atoms with Crippen LogP contribution in [0.15, 0.2) is 11.6 Å². The number of unbranched alkanes of at least 4 members (excludes halogenated alkanes) is 1. The SMILES string of the molecule is CC[C@H](CC[C@@H](C)[C@H]1CC[C@H]2[C@@H]3CC=C4C[C@@H](OC(=O)C(C)N(CCCN)CCCCNCCCN)CC[C@]4(C)[C@H]3CC[C@]12C)C(C)C. The number of rotatable bonds is 20. The lowest BCUT2D eigenvalue weighted by molar-refractivity contribution is -0.157. The molecule has 0 saturated heterocycles. The first kappa shape index (κ1) is 39.8. The molecule has 0 aliphatic heterocycles. The monoisotopic (exact) mass is 671 g/mol. The summed E-state index contributed by atoms with van der Waals surface area (Å²) in [5.41, 5.74) is 13.9. The summed E-state index contributed by atoms with van der Waals surface area (Å²) in [7, 11) is 0. The van der Waals surface area contributed by atoms with E-state index in [0.717, 1.165) is 119 Å². The maximum Gasteiger partial charge on any atom is 0.323 e. The van der Waals surface area contributed by atoms with Gasteiger partial charge in [-0.3, -0.25) is 9.69 Å². The molecule has 4 rings (SSSR count). The van der Waals surface area contributed by atoms with E-state index in [9.17, 15) is 4.79 Å². The molecule has 0 radical (unpaired) electrons. The first-order chi connectivity index (χ1) is 23.0. The highest BCUT2D eigenvalue weighted by molar-refractivity contribution is 5.75. The Morgan fingerprint density at radius 1 is 0.938 bits per heavy atom. The number of hydrogen-bond acceptors (Lipinski definition) is 6. The van der Waals surface area contributed by atoms with Crippen molar-refractivity contribution in [2.75, 3.05) is 39.3 Å². The summed E-state index contributed by atoms with van der Waals surface area (Å²) in [5.74, 6) is 5.88. The van der Waals surface area contributed by atoms with Crippen molar-refractivity contribution in [1.82, 2.24) is 10.2 Å². The van der Waals surface area contributed by atoms with Crippen LogP contribution < -0.4 is 16.8 Å². The zero-order valence-electron chi connectivity index (χ0n) is 32.5. The average Bonchev–Trinajstić information content (AvgIpc) is 3.43. The van der Waals surface area contributed by atoms with Crippen molar-refractivity contribution in [2.45, 2.75) is 157 Å². The summed E-state index contributed by atoms with van der Waals surface area (Å²) in [4.78, 5) is 15.8. The molecule has 0 spiro atoms. The van der Waals surface area contributed by atoms with E-state index in [1.54, 1.807) is 5.57 Å². The topological polar surface area (TPSA) is 93.6 Å². The fourth-order valence-electron chi connectivity index (χ4n) is 11.5. The van der Waals surface area contributed by atoms with Crippen LogP contribution in [0.5, 0.6) is 0 Å². The lowest BCUT2D eigenvalue weighted by Gasteiger charge is -2.58. The molecule has 4 aliphatic carbocycles. The molecule has 0 heterocycles. The van der Waals surface area contributed by atoms with Gasteiger partial charge in [0.2, 0.25) is 0 Å². The fraction of sp³-hybridized carbons (Fsp3) is 0.929. The van der Waals surface area contributed by atoms with Crippen molar-refractivity contribution in [3.63, 3.8) is 0 Å². The average molecular weight is 671 g/mol.